The zero-order chi connectivity index (χ0) is 14.8. The van der Waals surface area contributed by atoms with Gasteiger partial charge in [-0.3, -0.25) is 0 Å². The van der Waals surface area contributed by atoms with Crippen LogP contribution in [0.2, 0.25) is 0 Å². The van der Waals surface area contributed by atoms with Crippen molar-refractivity contribution in [1.82, 2.24) is 4.98 Å². The van der Waals surface area contributed by atoms with E-state index in [9.17, 15) is 4.39 Å². The minimum Gasteiger partial charge on any atom is -0.371 e. The highest BCUT2D eigenvalue weighted by Gasteiger charge is 2.13. The van der Waals surface area contributed by atoms with Crippen molar-refractivity contribution in [2.75, 3.05) is 0 Å². The maximum atomic E-state index is 13.8. The monoisotopic (exact) mass is 313 g/mol. The van der Waals surface area contributed by atoms with Gasteiger partial charge in [-0.05, 0) is 39.0 Å². The average molecular weight is 314 g/mol. The number of ether oxygens (including phenoxy) is 1. The van der Waals surface area contributed by atoms with Crippen LogP contribution in [-0.2, 0) is 17.2 Å². The van der Waals surface area contributed by atoms with Gasteiger partial charge in [-0.1, -0.05) is 0 Å². The lowest BCUT2D eigenvalue weighted by Gasteiger charge is -2.19. The number of benzene rings is 1. The molecule has 0 saturated heterocycles. The predicted molar refractivity (Wildman–Crippen MR) is 81.6 cm³/mol. The maximum absolute atomic E-state index is 13.8. The number of rotatable bonds is 4. The molecule has 2 aromatic rings. The van der Waals surface area contributed by atoms with E-state index in [4.69, 9.17) is 16.3 Å². The summed E-state index contributed by atoms with van der Waals surface area (Å²) in [5, 5.41) is 2.76. The van der Waals surface area contributed by atoms with E-state index in [1.54, 1.807) is 12.1 Å². The lowest BCUT2D eigenvalue weighted by atomic mass is 10.1. The van der Waals surface area contributed by atoms with Gasteiger partial charge in [0.1, 0.15) is 10.8 Å². The number of alkyl halides is 1. The van der Waals surface area contributed by atoms with Gasteiger partial charge in [-0.2, -0.15) is 0 Å². The largest absolute Gasteiger partial charge is 0.371 e. The van der Waals surface area contributed by atoms with E-state index in [-0.39, 0.29) is 18.0 Å². The van der Waals surface area contributed by atoms with E-state index in [0.717, 1.165) is 16.3 Å². The van der Waals surface area contributed by atoms with E-state index < -0.39 is 0 Å². The normalized spacial score (nSPS) is 11.8. The van der Waals surface area contributed by atoms with Crippen molar-refractivity contribution in [2.45, 2.75) is 38.9 Å². The molecule has 20 heavy (non-hydrogen) atoms. The van der Waals surface area contributed by atoms with E-state index in [0.29, 0.717) is 11.4 Å². The fourth-order valence-corrected chi connectivity index (χ4v) is 2.66. The van der Waals surface area contributed by atoms with Crippen molar-refractivity contribution in [1.29, 1.82) is 0 Å². The second-order valence-electron chi connectivity index (χ2n) is 5.48. The molecule has 0 spiro atoms. The highest BCUT2D eigenvalue weighted by molar-refractivity contribution is 7.13. The Morgan fingerprint density at radius 1 is 1.35 bits per heavy atom. The first-order chi connectivity index (χ1) is 9.39. The average Bonchev–Trinajstić information content (AvgIpc) is 2.85. The Balaban J connectivity index is 2.23. The van der Waals surface area contributed by atoms with Gasteiger partial charge in [0.15, 0.2) is 0 Å². The van der Waals surface area contributed by atoms with E-state index >= 15 is 0 Å². The highest BCUT2D eigenvalue weighted by Crippen LogP contribution is 2.27. The minimum absolute atomic E-state index is 0.247. The second-order valence-corrected chi connectivity index (χ2v) is 6.61. The highest BCUT2D eigenvalue weighted by atomic mass is 35.5. The fraction of sp³-hybridized carbons (Fsp3) is 0.400. The van der Waals surface area contributed by atoms with Crippen molar-refractivity contribution in [3.63, 3.8) is 0 Å². The molecule has 0 aliphatic carbocycles. The quantitative estimate of drug-likeness (QED) is 0.741. The Labute approximate surface area is 127 Å². The summed E-state index contributed by atoms with van der Waals surface area (Å²) in [7, 11) is 0. The van der Waals surface area contributed by atoms with Gasteiger partial charge >= 0.3 is 0 Å². The minimum atomic E-state index is -0.296. The molecule has 0 bridgehead atoms. The molecule has 0 aliphatic rings. The van der Waals surface area contributed by atoms with E-state index in [1.807, 2.05) is 26.2 Å². The van der Waals surface area contributed by atoms with Crippen LogP contribution in [0.5, 0.6) is 0 Å². The van der Waals surface area contributed by atoms with Crippen LogP contribution >= 0.6 is 22.9 Å². The Bertz CT molecular complexity index is 592. The number of thiazole rings is 1. The van der Waals surface area contributed by atoms with Gasteiger partial charge in [-0.25, -0.2) is 9.37 Å². The molecule has 1 aromatic heterocycles. The first-order valence-electron chi connectivity index (χ1n) is 6.32. The molecule has 0 unspecified atom stereocenters. The third-order valence-corrected chi connectivity index (χ3v) is 3.86. The lowest BCUT2D eigenvalue weighted by molar-refractivity contribution is -0.0160. The van der Waals surface area contributed by atoms with Crippen LogP contribution in [0.3, 0.4) is 0 Å². The molecule has 2 nitrogen and oxygen atoms in total. The van der Waals surface area contributed by atoms with Crippen LogP contribution in [0, 0.1) is 5.82 Å². The van der Waals surface area contributed by atoms with Crippen LogP contribution in [-0.4, -0.2) is 10.6 Å². The van der Waals surface area contributed by atoms with Gasteiger partial charge < -0.3 is 4.74 Å². The van der Waals surface area contributed by atoms with Crippen LogP contribution in [0.1, 0.15) is 32.0 Å². The summed E-state index contributed by atoms with van der Waals surface area (Å²) in [6, 6.07) is 4.98. The first-order valence-corrected chi connectivity index (χ1v) is 7.73. The maximum Gasteiger partial charge on any atom is 0.128 e. The molecular formula is C15H17ClFNOS. The zero-order valence-corrected chi connectivity index (χ0v) is 13.3. The van der Waals surface area contributed by atoms with Crippen molar-refractivity contribution in [3.8, 4) is 10.6 Å². The Hall–Kier alpha value is -0.970. The van der Waals surface area contributed by atoms with E-state index in [1.165, 1.54) is 17.4 Å². The Kier molecular flexibility index (Phi) is 4.78. The van der Waals surface area contributed by atoms with E-state index in [2.05, 4.69) is 4.98 Å². The molecule has 2 rings (SSSR count). The zero-order valence-electron chi connectivity index (χ0n) is 11.7. The molecule has 5 heteroatoms. The summed E-state index contributed by atoms with van der Waals surface area (Å²) < 4.78 is 19.4. The number of hydrogen-bond acceptors (Lipinski definition) is 3. The summed E-state index contributed by atoms with van der Waals surface area (Å²) in [6.07, 6.45) is 0. The molecule has 0 radical (unpaired) electrons. The number of halogens is 2. The summed E-state index contributed by atoms with van der Waals surface area (Å²) in [6.45, 7) is 6.09. The van der Waals surface area contributed by atoms with Crippen LogP contribution in [0.4, 0.5) is 4.39 Å². The number of hydrogen-bond donors (Lipinski definition) is 0. The summed E-state index contributed by atoms with van der Waals surface area (Å²) in [5.74, 6) is 0.129. The van der Waals surface area contributed by atoms with Gasteiger partial charge in [0.25, 0.3) is 0 Å². The standard InChI is InChI=1S/C15H17ClFNOS/c1-15(2,3)19-8-11-6-10(4-5-13(11)17)14-18-12(7-16)9-20-14/h4-6,9H,7-8H2,1-3H3. The predicted octanol–water partition coefficient (Wildman–Crippen LogP) is 5.00. The molecule has 0 atom stereocenters. The molecule has 0 N–H and O–H groups in total. The molecular weight excluding hydrogens is 297 g/mol. The third kappa shape index (κ3) is 4.01. The molecule has 0 amide bonds. The molecule has 108 valence electrons. The first kappa shape index (κ1) is 15.4. The number of nitrogens with zero attached hydrogens (tertiary/aromatic N) is 1. The summed E-state index contributed by atoms with van der Waals surface area (Å²) in [4.78, 5) is 4.40. The van der Waals surface area contributed by atoms with Gasteiger partial charge in [-0.15, -0.1) is 22.9 Å². The van der Waals surface area contributed by atoms with Crippen molar-refractivity contribution in [3.05, 3.63) is 40.7 Å². The smallest absolute Gasteiger partial charge is 0.128 e. The van der Waals surface area contributed by atoms with Crippen molar-refractivity contribution in [2.24, 2.45) is 0 Å². The molecule has 0 saturated carbocycles. The Morgan fingerprint density at radius 2 is 2.10 bits per heavy atom. The number of aromatic nitrogens is 1. The van der Waals surface area contributed by atoms with Gasteiger partial charge in [0, 0.05) is 16.5 Å². The fourth-order valence-electron chi connectivity index (χ4n) is 1.61. The van der Waals surface area contributed by atoms with Crippen LogP contribution < -0.4 is 0 Å². The molecule has 1 aromatic carbocycles. The lowest BCUT2D eigenvalue weighted by Crippen LogP contribution is -2.19. The van der Waals surface area contributed by atoms with Crippen molar-refractivity contribution < 1.29 is 9.13 Å². The SMILES string of the molecule is CC(C)(C)OCc1cc(-c2nc(CCl)cs2)ccc1F. The third-order valence-electron chi connectivity index (χ3n) is 2.64. The van der Waals surface area contributed by atoms with Gasteiger partial charge in [0.2, 0.25) is 0 Å². The topological polar surface area (TPSA) is 22.1 Å². The van der Waals surface area contributed by atoms with Crippen molar-refractivity contribution >= 4 is 22.9 Å². The molecule has 0 fully saturated rings. The van der Waals surface area contributed by atoms with Gasteiger partial charge in [0.05, 0.1) is 23.8 Å². The van der Waals surface area contributed by atoms with Crippen LogP contribution in [0.25, 0.3) is 10.6 Å². The summed E-state index contributed by atoms with van der Waals surface area (Å²) >= 11 is 7.25. The second kappa shape index (κ2) is 6.20. The molecule has 0 aliphatic heterocycles. The van der Waals surface area contributed by atoms with Crippen LogP contribution in [0.15, 0.2) is 23.6 Å². The Morgan fingerprint density at radius 3 is 2.70 bits per heavy atom. The molecule has 1 heterocycles. The summed E-state index contributed by atoms with van der Waals surface area (Å²) in [5.41, 5.74) is 1.97.